The van der Waals surface area contributed by atoms with Gasteiger partial charge in [-0.15, -0.1) is 13.2 Å². The number of pyridine rings is 1. The van der Waals surface area contributed by atoms with Crippen molar-refractivity contribution in [1.29, 1.82) is 0 Å². The van der Waals surface area contributed by atoms with Gasteiger partial charge < -0.3 is 14.8 Å². The summed E-state index contributed by atoms with van der Waals surface area (Å²) in [5, 5.41) is 2.20. The van der Waals surface area contributed by atoms with Crippen LogP contribution >= 0.6 is 0 Å². The summed E-state index contributed by atoms with van der Waals surface area (Å²) in [6.07, 6.45) is -3.34. The zero-order valence-corrected chi connectivity index (χ0v) is 17.6. The monoisotopic (exact) mass is 465 g/mol. The molecule has 1 aromatic heterocycles. The number of aromatic nitrogens is 1. The first-order valence-electron chi connectivity index (χ1n) is 8.63. The third-order valence-electron chi connectivity index (χ3n) is 3.85. The van der Waals surface area contributed by atoms with Crippen LogP contribution in [0.15, 0.2) is 24.4 Å². The predicted octanol–water partition coefficient (Wildman–Crippen LogP) is 4.00. The number of methoxy groups -OCH3 is 1. The van der Waals surface area contributed by atoms with E-state index in [-0.39, 0.29) is 22.7 Å². The van der Waals surface area contributed by atoms with Crippen LogP contribution in [0, 0.1) is 5.82 Å². The van der Waals surface area contributed by atoms with Crippen LogP contribution in [-0.2, 0) is 10.0 Å². The lowest BCUT2D eigenvalue weighted by Gasteiger charge is -2.23. The molecule has 31 heavy (non-hydrogen) atoms. The van der Waals surface area contributed by atoms with Crippen molar-refractivity contribution in [3.05, 3.63) is 35.8 Å². The Hall–Kier alpha value is -3.09. The Bertz CT molecular complexity index is 1090. The van der Waals surface area contributed by atoms with Crippen molar-refractivity contribution in [2.45, 2.75) is 26.1 Å². The van der Waals surface area contributed by atoms with Gasteiger partial charge in [0, 0.05) is 12.3 Å². The Balaban J connectivity index is 2.85. The van der Waals surface area contributed by atoms with Crippen molar-refractivity contribution in [1.82, 2.24) is 9.71 Å². The van der Waals surface area contributed by atoms with Crippen LogP contribution in [0.2, 0.25) is 0 Å². The average Bonchev–Trinajstić information content (AvgIpc) is 2.61. The van der Waals surface area contributed by atoms with E-state index in [0.717, 1.165) is 6.07 Å². The fraction of sp³-hybridized carbons (Fsp3) is 0.333. The number of ether oxygens (including phenoxy) is 2. The topological polar surface area (TPSA) is 107 Å². The molecule has 2 rings (SSSR count). The SMILES string of the molecule is COc1cc(-c2c(NC(=O)NS(C)(=O)=O)c(C(C)C)cc(F)c2OC(F)(F)F)ccn1. The molecule has 8 nitrogen and oxygen atoms in total. The quantitative estimate of drug-likeness (QED) is 0.625. The fourth-order valence-electron chi connectivity index (χ4n) is 2.72. The molecule has 0 aliphatic rings. The molecule has 13 heteroatoms. The number of nitrogens with one attached hydrogen (secondary N) is 2. The van der Waals surface area contributed by atoms with E-state index < -0.39 is 45.5 Å². The highest BCUT2D eigenvalue weighted by Crippen LogP contribution is 2.45. The molecule has 170 valence electrons. The number of alkyl halides is 3. The van der Waals surface area contributed by atoms with Crippen molar-refractivity contribution >= 4 is 21.7 Å². The average molecular weight is 465 g/mol. The zero-order chi connectivity index (χ0) is 23.6. The van der Waals surface area contributed by atoms with Crippen LogP contribution in [0.3, 0.4) is 0 Å². The van der Waals surface area contributed by atoms with Crippen molar-refractivity contribution in [3.63, 3.8) is 0 Å². The van der Waals surface area contributed by atoms with Gasteiger partial charge in [-0.2, -0.15) is 0 Å². The molecule has 0 radical (unpaired) electrons. The molecule has 0 fully saturated rings. The summed E-state index contributed by atoms with van der Waals surface area (Å²) in [5.74, 6) is -3.02. The Morgan fingerprint density at radius 2 is 1.87 bits per heavy atom. The second-order valence-corrected chi connectivity index (χ2v) is 8.39. The summed E-state index contributed by atoms with van der Waals surface area (Å²) >= 11 is 0. The summed E-state index contributed by atoms with van der Waals surface area (Å²) in [4.78, 5) is 16.0. The first-order chi connectivity index (χ1) is 14.2. The summed E-state index contributed by atoms with van der Waals surface area (Å²) in [6, 6.07) is 1.99. The number of amides is 2. The summed E-state index contributed by atoms with van der Waals surface area (Å²) in [6.45, 7) is 3.21. The molecule has 0 saturated carbocycles. The zero-order valence-electron chi connectivity index (χ0n) is 16.8. The number of sulfonamides is 1. The number of carbonyl (C=O) groups is 1. The van der Waals surface area contributed by atoms with Crippen LogP contribution in [-0.4, -0.2) is 39.2 Å². The smallest absolute Gasteiger partial charge is 0.481 e. The summed E-state index contributed by atoms with van der Waals surface area (Å²) in [5.41, 5.74) is -0.668. The van der Waals surface area contributed by atoms with Gasteiger partial charge >= 0.3 is 12.4 Å². The Labute approximate surface area is 175 Å². The number of hydrogen-bond donors (Lipinski definition) is 2. The molecule has 0 unspecified atom stereocenters. The van der Waals surface area contributed by atoms with Gasteiger partial charge in [-0.25, -0.2) is 27.3 Å². The lowest BCUT2D eigenvalue weighted by molar-refractivity contribution is -0.275. The molecule has 1 aromatic carbocycles. The predicted molar refractivity (Wildman–Crippen MR) is 104 cm³/mol. The van der Waals surface area contributed by atoms with E-state index in [4.69, 9.17) is 4.74 Å². The molecule has 0 bridgehead atoms. The molecule has 0 aliphatic carbocycles. The third kappa shape index (κ3) is 6.44. The highest BCUT2D eigenvalue weighted by atomic mass is 32.2. The lowest BCUT2D eigenvalue weighted by Crippen LogP contribution is -2.34. The minimum Gasteiger partial charge on any atom is -0.481 e. The van der Waals surface area contributed by atoms with Crippen molar-refractivity contribution in [3.8, 4) is 22.8 Å². The minimum absolute atomic E-state index is 0.00245. The lowest BCUT2D eigenvalue weighted by atomic mass is 9.93. The van der Waals surface area contributed by atoms with Gasteiger partial charge in [-0.1, -0.05) is 13.8 Å². The molecule has 0 saturated heterocycles. The maximum absolute atomic E-state index is 14.8. The van der Waals surface area contributed by atoms with Gasteiger partial charge in [-0.3, -0.25) is 0 Å². The van der Waals surface area contributed by atoms with E-state index in [2.05, 4.69) is 15.0 Å². The first kappa shape index (κ1) is 24.2. The van der Waals surface area contributed by atoms with Crippen LogP contribution < -0.4 is 19.5 Å². The summed E-state index contributed by atoms with van der Waals surface area (Å²) < 4.78 is 87.1. The van der Waals surface area contributed by atoms with Crippen molar-refractivity contribution < 1.29 is 40.2 Å². The molecular formula is C18H19F4N3O5S. The van der Waals surface area contributed by atoms with E-state index in [1.807, 2.05) is 0 Å². The normalized spacial score (nSPS) is 11.9. The Kier molecular flexibility index (Phi) is 6.99. The highest BCUT2D eigenvalue weighted by Gasteiger charge is 2.36. The summed E-state index contributed by atoms with van der Waals surface area (Å²) in [7, 11) is -2.72. The van der Waals surface area contributed by atoms with E-state index in [0.29, 0.717) is 6.26 Å². The molecule has 1 heterocycles. The number of urea groups is 1. The van der Waals surface area contributed by atoms with Gasteiger partial charge in [0.25, 0.3) is 0 Å². The van der Waals surface area contributed by atoms with Gasteiger partial charge in [0.15, 0.2) is 11.6 Å². The number of carbonyl (C=O) groups excluding carboxylic acids is 1. The van der Waals surface area contributed by atoms with E-state index in [1.54, 1.807) is 18.6 Å². The maximum atomic E-state index is 14.8. The number of benzene rings is 1. The van der Waals surface area contributed by atoms with Gasteiger partial charge in [0.1, 0.15) is 0 Å². The van der Waals surface area contributed by atoms with Crippen molar-refractivity contribution in [2.24, 2.45) is 0 Å². The number of halogens is 4. The Morgan fingerprint density at radius 3 is 2.39 bits per heavy atom. The van der Waals surface area contributed by atoms with E-state index in [9.17, 15) is 30.8 Å². The van der Waals surface area contributed by atoms with Gasteiger partial charge in [0.2, 0.25) is 15.9 Å². The van der Waals surface area contributed by atoms with Crippen LogP contribution in [0.4, 0.5) is 28.0 Å². The number of anilines is 1. The van der Waals surface area contributed by atoms with Crippen LogP contribution in [0.5, 0.6) is 11.6 Å². The van der Waals surface area contributed by atoms with Crippen LogP contribution in [0.1, 0.15) is 25.3 Å². The number of rotatable bonds is 6. The van der Waals surface area contributed by atoms with Crippen molar-refractivity contribution in [2.75, 3.05) is 18.7 Å². The Morgan fingerprint density at radius 1 is 1.23 bits per heavy atom. The first-order valence-corrected chi connectivity index (χ1v) is 10.5. The third-order valence-corrected chi connectivity index (χ3v) is 4.41. The van der Waals surface area contributed by atoms with Crippen LogP contribution in [0.25, 0.3) is 11.1 Å². The fourth-order valence-corrected chi connectivity index (χ4v) is 3.10. The molecule has 2 aromatic rings. The minimum atomic E-state index is -5.25. The van der Waals surface area contributed by atoms with Gasteiger partial charge in [0.05, 0.1) is 24.6 Å². The molecule has 2 N–H and O–H groups in total. The molecule has 0 spiro atoms. The number of nitrogens with zero attached hydrogens (tertiary/aromatic N) is 1. The molecular weight excluding hydrogens is 446 g/mol. The highest BCUT2D eigenvalue weighted by molar-refractivity contribution is 7.89. The van der Waals surface area contributed by atoms with E-state index in [1.165, 1.54) is 25.4 Å². The largest absolute Gasteiger partial charge is 0.573 e. The van der Waals surface area contributed by atoms with E-state index >= 15 is 0 Å². The second-order valence-electron chi connectivity index (χ2n) is 6.64. The molecule has 0 atom stereocenters. The second kappa shape index (κ2) is 8.96. The van der Waals surface area contributed by atoms with Gasteiger partial charge in [-0.05, 0) is 29.2 Å². The molecule has 2 amide bonds. The molecule has 0 aliphatic heterocycles. The standard InChI is InChI=1S/C18H19F4N3O5S/c1-9(2)11-8-12(19)16(30-18(20,21)22)14(10-5-6-23-13(7-10)29-3)15(11)24-17(26)25-31(4,27)28/h5-9H,1-4H3,(H2,24,25,26). The number of hydrogen-bond acceptors (Lipinski definition) is 6. The maximum Gasteiger partial charge on any atom is 0.573 e.